The lowest BCUT2D eigenvalue weighted by Crippen LogP contribution is -1.94. The molecule has 1 aliphatic carbocycles. The van der Waals surface area contributed by atoms with Gasteiger partial charge >= 0.3 is 0 Å². The van der Waals surface area contributed by atoms with Crippen molar-refractivity contribution in [1.29, 1.82) is 0 Å². The third kappa shape index (κ3) is 1.39. The van der Waals surface area contributed by atoms with Crippen molar-refractivity contribution in [1.82, 2.24) is 4.98 Å². The largest absolute Gasteiger partial charge is 0.362 e. The van der Waals surface area contributed by atoms with E-state index < -0.39 is 0 Å². The molecule has 2 nitrogen and oxygen atoms in total. The van der Waals surface area contributed by atoms with Gasteiger partial charge in [0.25, 0.3) is 0 Å². The number of allylic oxidation sites excluding steroid dienone is 1. The number of hydrogen-bond donors (Lipinski definition) is 1. The first-order valence-electron chi connectivity index (χ1n) is 5.31. The molecule has 0 radical (unpaired) electrons. The minimum Gasteiger partial charge on any atom is -0.362 e. The third-order valence-corrected chi connectivity index (χ3v) is 2.89. The van der Waals surface area contributed by atoms with E-state index in [0.717, 1.165) is 28.8 Å². The second-order valence-corrected chi connectivity index (χ2v) is 3.96. The standard InChI is InChI=1S/C14H11NO/c16-14-11(9-12-5-3-7-15-12)8-10-4-1-2-6-13(10)14/h1-7,9,15H,8H2. The van der Waals surface area contributed by atoms with E-state index in [1.54, 1.807) is 0 Å². The fraction of sp³-hybridized carbons (Fsp3) is 0.0714. The van der Waals surface area contributed by atoms with E-state index in [4.69, 9.17) is 0 Å². The molecule has 0 saturated carbocycles. The highest BCUT2D eigenvalue weighted by molar-refractivity contribution is 6.15. The van der Waals surface area contributed by atoms with E-state index in [1.807, 2.05) is 48.7 Å². The van der Waals surface area contributed by atoms with Gasteiger partial charge in [0.2, 0.25) is 0 Å². The lowest BCUT2D eigenvalue weighted by molar-refractivity contribution is 0.104. The van der Waals surface area contributed by atoms with E-state index in [1.165, 1.54) is 0 Å². The highest BCUT2D eigenvalue weighted by Gasteiger charge is 2.23. The first-order chi connectivity index (χ1) is 7.84. The average molecular weight is 209 g/mol. The summed E-state index contributed by atoms with van der Waals surface area (Å²) in [6.45, 7) is 0. The van der Waals surface area contributed by atoms with Crippen molar-refractivity contribution in [2.24, 2.45) is 0 Å². The van der Waals surface area contributed by atoms with Gasteiger partial charge in [0.1, 0.15) is 0 Å². The predicted molar refractivity (Wildman–Crippen MR) is 63.2 cm³/mol. The SMILES string of the molecule is O=C1C(=Cc2ccc[nH]2)Cc2ccccc21. The van der Waals surface area contributed by atoms with E-state index >= 15 is 0 Å². The summed E-state index contributed by atoms with van der Waals surface area (Å²) in [5.41, 5.74) is 3.82. The molecule has 78 valence electrons. The number of ketones is 1. The molecule has 1 aromatic carbocycles. The van der Waals surface area contributed by atoms with Gasteiger partial charge in [0, 0.05) is 29.4 Å². The van der Waals surface area contributed by atoms with Gasteiger partial charge in [-0.3, -0.25) is 4.79 Å². The first-order valence-corrected chi connectivity index (χ1v) is 5.31. The minimum absolute atomic E-state index is 0.158. The normalized spacial score (nSPS) is 16.8. The number of fused-ring (bicyclic) bond motifs is 1. The molecule has 2 heteroatoms. The highest BCUT2D eigenvalue weighted by atomic mass is 16.1. The maximum atomic E-state index is 12.0. The lowest BCUT2D eigenvalue weighted by Gasteiger charge is -1.92. The van der Waals surface area contributed by atoms with Gasteiger partial charge in [-0.2, -0.15) is 0 Å². The Kier molecular flexibility index (Phi) is 2.00. The summed E-state index contributed by atoms with van der Waals surface area (Å²) in [5, 5.41) is 0. The molecular formula is C14H11NO. The van der Waals surface area contributed by atoms with Crippen LogP contribution in [0, 0.1) is 0 Å². The van der Waals surface area contributed by atoms with Crippen LogP contribution in [0.5, 0.6) is 0 Å². The molecule has 0 saturated heterocycles. The molecule has 1 N–H and O–H groups in total. The number of Topliss-reactive ketones (excluding diaryl/α,β-unsaturated/α-hetero) is 1. The Bertz CT molecular complexity index is 564. The Morgan fingerprint density at radius 1 is 1.12 bits per heavy atom. The van der Waals surface area contributed by atoms with Crippen molar-refractivity contribution < 1.29 is 4.79 Å². The van der Waals surface area contributed by atoms with Crippen LogP contribution >= 0.6 is 0 Å². The Hall–Kier alpha value is -2.09. The van der Waals surface area contributed by atoms with Crippen LogP contribution in [0.15, 0.2) is 48.2 Å². The Morgan fingerprint density at radius 2 is 2.00 bits per heavy atom. The van der Waals surface area contributed by atoms with Gasteiger partial charge < -0.3 is 4.98 Å². The topological polar surface area (TPSA) is 32.9 Å². The average Bonchev–Trinajstić information content (AvgIpc) is 2.90. The number of aromatic amines is 1. The molecule has 0 spiro atoms. The van der Waals surface area contributed by atoms with Gasteiger partial charge in [-0.15, -0.1) is 0 Å². The number of hydrogen-bond acceptors (Lipinski definition) is 1. The molecule has 16 heavy (non-hydrogen) atoms. The molecule has 1 heterocycles. The summed E-state index contributed by atoms with van der Waals surface area (Å²) >= 11 is 0. The van der Waals surface area contributed by atoms with E-state index in [9.17, 15) is 4.79 Å². The van der Waals surface area contributed by atoms with Crippen LogP contribution in [0.25, 0.3) is 6.08 Å². The van der Waals surface area contributed by atoms with Gasteiger partial charge in [0.15, 0.2) is 5.78 Å². The Labute approximate surface area is 93.6 Å². The van der Waals surface area contributed by atoms with Gasteiger partial charge in [0.05, 0.1) is 0 Å². The monoisotopic (exact) mass is 209 g/mol. The van der Waals surface area contributed by atoms with Crippen molar-refractivity contribution in [3.05, 3.63) is 65.0 Å². The zero-order chi connectivity index (χ0) is 11.0. The fourth-order valence-electron chi connectivity index (χ4n) is 2.09. The lowest BCUT2D eigenvalue weighted by atomic mass is 10.1. The fourth-order valence-corrected chi connectivity index (χ4v) is 2.09. The number of nitrogens with one attached hydrogen (secondary N) is 1. The van der Waals surface area contributed by atoms with Crippen LogP contribution in [0.4, 0.5) is 0 Å². The molecule has 0 fully saturated rings. The Morgan fingerprint density at radius 3 is 2.75 bits per heavy atom. The number of benzene rings is 1. The maximum absolute atomic E-state index is 12.0. The summed E-state index contributed by atoms with van der Waals surface area (Å²) in [7, 11) is 0. The molecule has 0 aliphatic heterocycles. The molecule has 0 amide bonds. The zero-order valence-corrected chi connectivity index (χ0v) is 8.73. The Balaban J connectivity index is 2.02. The van der Waals surface area contributed by atoms with Crippen molar-refractivity contribution in [3.63, 3.8) is 0 Å². The van der Waals surface area contributed by atoms with Gasteiger partial charge in [-0.05, 0) is 23.8 Å². The van der Waals surface area contributed by atoms with Crippen LogP contribution in [0.2, 0.25) is 0 Å². The number of H-pyrrole nitrogens is 1. The number of carbonyl (C=O) groups is 1. The molecule has 2 aromatic rings. The van der Waals surface area contributed by atoms with Crippen molar-refractivity contribution in [3.8, 4) is 0 Å². The molecule has 0 unspecified atom stereocenters. The molecule has 0 atom stereocenters. The first kappa shape index (κ1) is 9.16. The van der Waals surface area contributed by atoms with Crippen LogP contribution in [-0.2, 0) is 6.42 Å². The van der Waals surface area contributed by atoms with Crippen molar-refractivity contribution in [2.75, 3.05) is 0 Å². The highest BCUT2D eigenvalue weighted by Crippen LogP contribution is 2.27. The number of carbonyl (C=O) groups excluding carboxylic acids is 1. The van der Waals surface area contributed by atoms with Crippen LogP contribution in [0.3, 0.4) is 0 Å². The summed E-state index contributed by atoms with van der Waals surface area (Å²) < 4.78 is 0. The summed E-state index contributed by atoms with van der Waals surface area (Å²) in [5.74, 6) is 0.158. The second-order valence-electron chi connectivity index (χ2n) is 3.96. The summed E-state index contributed by atoms with van der Waals surface area (Å²) in [6.07, 6.45) is 4.54. The van der Waals surface area contributed by atoms with Gasteiger partial charge in [-0.1, -0.05) is 24.3 Å². The number of aromatic nitrogens is 1. The maximum Gasteiger partial charge on any atom is 0.189 e. The molecule has 1 aromatic heterocycles. The second kappa shape index (κ2) is 3.49. The van der Waals surface area contributed by atoms with Crippen molar-refractivity contribution in [2.45, 2.75) is 6.42 Å². The molecule has 0 bridgehead atoms. The zero-order valence-electron chi connectivity index (χ0n) is 8.73. The smallest absolute Gasteiger partial charge is 0.189 e. The van der Waals surface area contributed by atoms with E-state index in [0.29, 0.717) is 0 Å². The summed E-state index contributed by atoms with van der Waals surface area (Å²) in [4.78, 5) is 15.1. The van der Waals surface area contributed by atoms with Gasteiger partial charge in [-0.25, -0.2) is 0 Å². The molecule has 3 rings (SSSR count). The predicted octanol–water partition coefficient (Wildman–Crippen LogP) is 2.84. The number of rotatable bonds is 1. The van der Waals surface area contributed by atoms with Crippen LogP contribution in [-0.4, -0.2) is 10.8 Å². The van der Waals surface area contributed by atoms with E-state index in [-0.39, 0.29) is 5.78 Å². The van der Waals surface area contributed by atoms with Crippen LogP contribution < -0.4 is 0 Å². The summed E-state index contributed by atoms with van der Waals surface area (Å²) in [6, 6.07) is 11.7. The van der Waals surface area contributed by atoms with Crippen LogP contribution in [0.1, 0.15) is 21.6 Å². The van der Waals surface area contributed by atoms with Crippen molar-refractivity contribution >= 4 is 11.9 Å². The quantitative estimate of drug-likeness (QED) is 0.720. The minimum atomic E-state index is 0.158. The van der Waals surface area contributed by atoms with E-state index in [2.05, 4.69) is 4.98 Å². The molecule has 1 aliphatic rings. The molecular weight excluding hydrogens is 198 g/mol. The third-order valence-electron chi connectivity index (χ3n) is 2.89.